The van der Waals surface area contributed by atoms with Crippen LogP contribution < -0.4 is 11.3 Å². The van der Waals surface area contributed by atoms with Gasteiger partial charge in [0, 0.05) is 12.0 Å². The fourth-order valence-electron chi connectivity index (χ4n) is 2.92. The quantitative estimate of drug-likeness (QED) is 0.664. The van der Waals surface area contributed by atoms with Crippen molar-refractivity contribution >= 4 is 11.0 Å². The first-order chi connectivity index (χ1) is 9.78. The zero-order valence-corrected chi connectivity index (χ0v) is 11.9. The first-order valence-corrected chi connectivity index (χ1v) is 7.34. The van der Waals surface area contributed by atoms with E-state index in [2.05, 4.69) is 30.5 Å². The summed E-state index contributed by atoms with van der Waals surface area (Å²) in [4.78, 5) is 0. The molecule has 108 valence electrons. The second kappa shape index (κ2) is 5.95. The molecular formula is C16H22N2O2. The molecule has 3 rings (SSSR count). The van der Waals surface area contributed by atoms with Crippen LogP contribution in [0.25, 0.3) is 11.0 Å². The lowest BCUT2D eigenvalue weighted by atomic mass is 10.0. The van der Waals surface area contributed by atoms with Crippen LogP contribution in [0.4, 0.5) is 0 Å². The van der Waals surface area contributed by atoms with Crippen molar-refractivity contribution in [2.75, 3.05) is 6.61 Å². The lowest BCUT2D eigenvalue weighted by Crippen LogP contribution is -2.32. The molecule has 0 amide bonds. The van der Waals surface area contributed by atoms with Crippen molar-refractivity contribution in [2.45, 2.75) is 44.8 Å². The van der Waals surface area contributed by atoms with Gasteiger partial charge < -0.3 is 9.15 Å². The van der Waals surface area contributed by atoms with E-state index in [1.54, 1.807) is 0 Å². The van der Waals surface area contributed by atoms with Crippen LogP contribution in [0.3, 0.4) is 0 Å². The number of aryl methyl sites for hydroxylation is 1. The minimum absolute atomic E-state index is 0.00454. The second-order valence-electron chi connectivity index (χ2n) is 5.59. The Kier molecular flexibility index (Phi) is 4.05. The predicted octanol–water partition coefficient (Wildman–Crippen LogP) is 3.20. The Balaban J connectivity index is 1.81. The van der Waals surface area contributed by atoms with Gasteiger partial charge in [0.25, 0.3) is 0 Å². The smallest absolute Gasteiger partial charge is 0.137 e. The molecule has 4 nitrogen and oxygen atoms in total. The molecule has 20 heavy (non-hydrogen) atoms. The van der Waals surface area contributed by atoms with E-state index >= 15 is 0 Å². The maximum absolute atomic E-state index is 6.00. The molecule has 1 aliphatic heterocycles. The lowest BCUT2D eigenvalue weighted by Gasteiger charge is -2.25. The topological polar surface area (TPSA) is 60.4 Å². The Morgan fingerprint density at radius 2 is 2.30 bits per heavy atom. The summed E-state index contributed by atoms with van der Waals surface area (Å²) in [7, 11) is 0. The molecular weight excluding hydrogens is 252 g/mol. The van der Waals surface area contributed by atoms with Gasteiger partial charge >= 0.3 is 0 Å². The number of hydrogen-bond donors (Lipinski definition) is 2. The van der Waals surface area contributed by atoms with Crippen LogP contribution in [0.15, 0.2) is 28.7 Å². The molecule has 2 aromatic rings. The highest BCUT2D eigenvalue weighted by atomic mass is 16.5. The number of fused-ring (bicyclic) bond motifs is 1. The molecule has 3 N–H and O–H groups in total. The highest BCUT2D eigenvalue weighted by Crippen LogP contribution is 2.30. The van der Waals surface area contributed by atoms with Crippen molar-refractivity contribution in [1.29, 1.82) is 0 Å². The normalized spacial score (nSPS) is 21.2. The number of nitrogens with one attached hydrogen (secondary N) is 1. The van der Waals surface area contributed by atoms with E-state index in [-0.39, 0.29) is 12.1 Å². The molecule has 2 atom stereocenters. The standard InChI is InChI=1S/C16H22N2O2/c1-11-5-4-6-12-9-15(20-16(11)12)14(18-17)10-13-7-2-3-8-19-13/h4-6,9,13-14,18H,2-3,7-8,10,17H2,1H3. The van der Waals surface area contributed by atoms with Crippen LogP contribution in [-0.2, 0) is 4.74 Å². The van der Waals surface area contributed by atoms with E-state index in [9.17, 15) is 0 Å². The van der Waals surface area contributed by atoms with Crippen molar-refractivity contribution in [2.24, 2.45) is 5.84 Å². The zero-order valence-electron chi connectivity index (χ0n) is 11.9. The van der Waals surface area contributed by atoms with Crippen molar-refractivity contribution < 1.29 is 9.15 Å². The van der Waals surface area contributed by atoms with Gasteiger partial charge in [-0.05, 0) is 44.2 Å². The number of hydrogen-bond acceptors (Lipinski definition) is 4. The number of benzene rings is 1. The van der Waals surface area contributed by atoms with E-state index in [1.165, 1.54) is 12.8 Å². The molecule has 1 aromatic carbocycles. The summed E-state index contributed by atoms with van der Waals surface area (Å²) < 4.78 is 11.8. The Hall–Kier alpha value is -1.36. The van der Waals surface area contributed by atoms with Gasteiger partial charge in [-0.15, -0.1) is 0 Å². The average molecular weight is 274 g/mol. The van der Waals surface area contributed by atoms with Gasteiger partial charge in [0.2, 0.25) is 0 Å². The molecule has 1 saturated heterocycles. The summed E-state index contributed by atoms with van der Waals surface area (Å²) in [6.45, 7) is 2.92. The van der Waals surface area contributed by atoms with Crippen LogP contribution in [0.1, 0.15) is 43.0 Å². The van der Waals surface area contributed by atoms with Crippen molar-refractivity contribution in [1.82, 2.24) is 5.43 Å². The maximum Gasteiger partial charge on any atom is 0.137 e. The molecule has 2 heterocycles. The number of nitrogens with two attached hydrogens (primary N) is 1. The van der Waals surface area contributed by atoms with Crippen molar-refractivity contribution in [3.63, 3.8) is 0 Å². The lowest BCUT2D eigenvalue weighted by molar-refractivity contribution is 0.00380. The van der Waals surface area contributed by atoms with E-state index < -0.39 is 0 Å². The molecule has 1 fully saturated rings. The molecule has 2 unspecified atom stereocenters. The third kappa shape index (κ3) is 2.73. The highest BCUT2D eigenvalue weighted by molar-refractivity contribution is 5.80. The highest BCUT2D eigenvalue weighted by Gasteiger charge is 2.22. The Morgan fingerprint density at radius 3 is 3.00 bits per heavy atom. The minimum Gasteiger partial charge on any atom is -0.459 e. The second-order valence-corrected chi connectivity index (χ2v) is 5.59. The van der Waals surface area contributed by atoms with Gasteiger partial charge in [-0.1, -0.05) is 18.2 Å². The third-order valence-electron chi connectivity index (χ3n) is 4.08. The zero-order chi connectivity index (χ0) is 13.9. The number of hydrazine groups is 1. The number of furan rings is 1. The van der Waals surface area contributed by atoms with Crippen molar-refractivity contribution in [3.8, 4) is 0 Å². The van der Waals surface area contributed by atoms with Gasteiger partial charge in [-0.2, -0.15) is 0 Å². The fourth-order valence-corrected chi connectivity index (χ4v) is 2.92. The third-order valence-corrected chi connectivity index (χ3v) is 4.08. The SMILES string of the molecule is Cc1cccc2cc(C(CC3CCCCO3)NN)oc12. The summed E-state index contributed by atoms with van der Waals surface area (Å²) in [5.41, 5.74) is 4.97. The van der Waals surface area contributed by atoms with Crippen LogP contribution in [0.2, 0.25) is 0 Å². The molecule has 1 aliphatic rings. The monoisotopic (exact) mass is 274 g/mol. The average Bonchev–Trinajstić information content (AvgIpc) is 2.91. The summed E-state index contributed by atoms with van der Waals surface area (Å²) in [5, 5.41) is 1.13. The van der Waals surface area contributed by atoms with Crippen molar-refractivity contribution in [3.05, 3.63) is 35.6 Å². The number of para-hydroxylation sites is 1. The van der Waals surface area contributed by atoms with Gasteiger partial charge in [0.05, 0.1) is 12.1 Å². The van der Waals surface area contributed by atoms with E-state index in [1.807, 2.05) is 6.07 Å². The summed E-state index contributed by atoms with van der Waals surface area (Å²) in [6.07, 6.45) is 4.65. The van der Waals surface area contributed by atoms with Crippen LogP contribution in [0, 0.1) is 6.92 Å². The maximum atomic E-state index is 6.00. The Bertz CT molecular complexity index is 573. The van der Waals surface area contributed by atoms with Gasteiger partial charge in [-0.3, -0.25) is 5.84 Å². The molecule has 0 spiro atoms. The Labute approximate surface area is 119 Å². The van der Waals surface area contributed by atoms with Crippen LogP contribution in [-0.4, -0.2) is 12.7 Å². The van der Waals surface area contributed by atoms with Crippen LogP contribution in [0.5, 0.6) is 0 Å². The first-order valence-electron chi connectivity index (χ1n) is 7.34. The van der Waals surface area contributed by atoms with E-state index in [0.29, 0.717) is 0 Å². The predicted molar refractivity (Wildman–Crippen MR) is 79.2 cm³/mol. The van der Waals surface area contributed by atoms with Gasteiger partial charge in [-0.25, -0.2) is 5.43 Å². The Morgan fingerprint density at radius 1 is 1.40 bits per heavy atom. The molecule has 0 bridgehead atoms. The molecule has 0 aliphatic carbocycles. The number of rotatable bonds is 4. The first kappa shape index (κ1) is 13.6. The molecule has 0 radical (unpaired) electrons. The largest absolute Gasteiger partial charge is 0.459 e. The number of ether oxygens (including phenoxy) is 1. The van der Waals surface area contributed by atoms with E-state index in [0.717, 1.165) is 41.7 Å². The van der Waals surface area contributed by atoms with Gasteiger partial charge in [0.15, 0.2) is 0 Å². The molecule has 0 saturated carbocycles. The molecule has 1 aromatic heterocycles. The summed E-state index contributed by atoms with van der Waals surface area (Å²) in [5.74, 6) is 6.61. The van der Waals surface area contributed by atoms with Crippen LogP contribution >= 0.6 is 0 Å². The molecule has 4 heteroatoms. The minimum atomic E-state index is 0.00454. The summed E-state index contributed by atoms with van der Waals surface area (Å²) in [6, 6.07) is 8.26. The summed E-state index contributed by atoms with van der Waals surface area (Å²) >= 11 is 0. The van der Waals surface area contributed by atoms with E-state index in [4.69, 9.17) is 15.0 Å². The van der Waals surface area contributed by atoms with Gasteiger partial charge in [0.1, 0.15) is 11.3 Å². The fraction of sp³-hybridized carbons (Fsp3) is 0.500.